The SMILES string of the molecule is COc1cccc(N2CCC(CNc3sc(S(C)(=O)=O)cc3[N+](=O)[O-])C2)c1. The van der Waals surface area contributed by atoms with Crippen LogP contribution in [0.4, 0.5) is 16.4 Å². The molecule has 1 N–H and O–H groups in total. The van der Waals surface area contributed by atoms with Crippen molar-refractivity contribution in [1.29, 1.82) is 0 Å². The van der Waals surface area contributed by atoms with Gasteiger partial charge in [-0.05, 0) is 24.5 Å². The van der Waals surface area contributed by atoms with Crippen molar-refractivity contribution in [1.82, 2.24) is 0 Å². The molecule has 2 aromatic rings. The molecule has 0 aliphatic carbocycles. The van der Waals surface area contributed by atoms with Crippen LogP contribution in [0.2, 0.25) is 0 Å². The number of hydrogen-bond acceptors (Lipinski definition) is 8. The van der Waals surface area contributed by atoms with Gasteiger partial charge in [0.15, 0.2) is 14.8 Å². The number of sulfone groups is 1. The van der Waals surface area contributed by atoms with Crippen LogP contribution in [0.3, 0.4) is 0 Å². The van der Waals surface area contributed by atoms with E-state index in [0.717, 1.165) is 54.6 Å². The molecule has 2 heterocycles. The van der Waals surface area contributed by atoms with Crippen molar-refractivity contribution in [2.45, 2.75) is 10.6 Å². The van der Waals surface area contributed by atoms with E-state index in [9.17, 15) is 18.5 Å². The van der Waals surface area contributed by atoms with Crippen molar-refractivity contribution < 1.29 is 18.1 Å². The molecule has 10 heteroatoms. The first-order valence-corrected chi connectivity index (χ1v) is 11.1. The van der Waals surface area contributed by atoms with Gasteiger partial charge in [-0.15, -0.1) is 0 Å². The average molecular weight is 412 g/mol. The van der Waals surface area contributed by atoms with Gasteiger partial charge in [-0.2, -0.15) is 0 Å². The summed E-state index contributed by atoms with van der Waals surface area (Å²) in [5.41, 5.74) is 0.890. The molecule has 1 aliphatic rings. The van der Waals surface area contributed by atoms with Gasteiger partial charge in [-0.1, -0.05) is 17.4 Å². The molecule has 0 amide bonds. The summed E-state index contributed by atoms with van der Waals surface area (Å²) < 4.78 is 28.6. The topological polar surface area (TPSA) is 102 Å². The van der Waals surface area contributed by atoms with Gasteiger partial charge in [0.1, 0.15) is 9.96 Å². The molecule has 1 unspecified atom stereocenters. The van der Waals surface area contributed by atoms with Crippen LogP contribution in [0.15, 0.2) is 34.5 Å². The van der Waals surface area contributed by atoms with E-state index in [4.69, 9.17) is 4.74 Å². The van der Waals surface area contributed by atoms with Gasteiger partial charge in [0.25, 0.3) is 0 Å². The fourth-order valence-corrected chi connectivity index (χ4v) is 5.03. The number of methoxy groups -OCH3 is 1. The third kappa shape index (κ3) is 4.51. The normalized spacial score (nSPS) is 17.1. The summed E-state index contributed by atoms with van der Waals surface area (Å²) in [6, 6.07) is 8.98. The van der Waals surface area contributed by atoms with Crippen LogP contribution >= 0.6 is 11.3 Å². The number of nitrogens with one attached hydrogen (secondary N) is 1. The zero-order valence-corrected chi connectivity index (χ0v) is 16.7. The zero-order valence-electron chi connectivity index (χ0n) is 15.0. The monoisotopic (exact) mass is 411 g/mol. The third-order valence-corrected chi connectivity index (χ3v) is 7.39. The van der Waals surface area contributed by atoms with Crippen LogP contribution in [-0.2, 0) is 9.84 Å². The fraction of sp³-hybridized carbons (Fsp3) is 0.412. The van der Waals surface area contributed by atoms with E-state index >= 15 is 0 Å². The number of anilines is 2. The van der Waals surface area contributed by atoms with Crippen LogP contribution in [0.5, 0.6) is 5.75 Å². The standard InChI is InChI=1S/C17H21N3O5S2/c1-25-14-5-3-4-13(8-14)19-7-6-12(11-19)10-18-17-15(20(21)22)9-16(26-17)27(2,23)24/h3-5,8-9,12,18H,6-7,10-11H2,1-2H3. The van der Waals surface area contributed by atoms with E-state index < -0.39 is 14.8 Å². The van der Waals surface area contributed by atoms with Crippen molar-refractivity contribution >= 4 is 37.5 Å². The molecule has 0 radical (unpaired) electrons. The van der Waals surface area contributed by atoms with E-state index in [1.807, 2.05) is 24.3 Å². The van der Waals surface area contributed by atoms with Crippen molar-refractivity contribution in [3.63, 3.8) is 0 Å². The highest BCUT2D eigenvalue weighted by molar-refractivity contribution is 7.92. The van der Waals surface area contributed by atoms with Crippen molar-refractivity contribution in [2.75, 3.05) is 43.2 Å². The second-order valence-electron chi connectivity index (χ2n) is 6.49. The highest BCUT2D eigenvalue weighted by Gasteiger charge is 2.26. The summed E-state index contributed by atoms with van der Waals surface area (Å²) in [6.45, 7) is 2.25. The lowest BCUT2D eigenvalue weighted by Crippen LogP contribution is -2.22. The second kappa shape index (κ2) is 7.73. The Balaban J connectivity index is 1.66. The van der Waals surface area contributed by atoms with E-state index in [1.54, 1.807) is 7.11 Å². The molecule has 27 heavy (non-hydrogen) atoms. The van der Waals surface area contributed by atoms with Crippen molar-refractivity contribution in [2.24, 2.45) is 5.92 Å². The zero-order chi connectivity index (χ0) is 19.6. The smallest absolute Gasteiger partial charge is 0.304 e. The maximum Gasteiger partial charge on any atom is 0.304 e. The maximum atomic E-state index is 11.7. The van der Waals surface area contributed by atoms with Gasteiger partial charge in [0.05, 0.1) is 12.0 Å². The molecule has 1 saturated heterocycles. The summed E-state index contributed by atoms with van der Waals surface area (Å²) in [4.78, 5) is 12.9. The van der Waals surface area contributed by atoms with Gasteiger partial charge in [-0.3, -0.25) is 10.1 Å². The van der Waals surface area contributed by atoms with Crippen molar-refractivity contribution in [3.05, 3.63) is 40.4 Å². The molecule has 1 aromatic heterocycles. The Morgan fingerprint density at radius 1 is 1.41 bits per heavy atom. The average Bonchev–Trinajstić information content (AvgIpc) is 3.26. The molecule has 3 rings (SSSR count). The lowest BCUT2D eigenvalue weighted by Gasteiger charge is -2.19. The van der Waals surface area contributed by atoms with E-state index in [2.05, 4.69) is 10.2 Å². The van der Waals surface area contributed by atoms with Crippen LogP contribution < -0.4 is 15.0 Å². The fourth-order valence-electron chi connectivity index (χ4n) is 3.08. The Kier molecular flexibility index (Phi) is 5.56. The first-order valence-electron chi connectivity index (χ1n) is 8.39. The quantitative estimate of drug-likeness (QED) is 0.552. The maximum absolute atomic E-state index is 11.7. The van der Waals surface area contributed by atoms with Gasteiger partial charge in [-0.25, -0.2) is 8.42 Å². The Morgan fingerprint density at radius 3 is 2.85 bits per heavy atom. The molecular weight excluding hydrogens is 390 g/mol. The highest BCUT2D eigenvalue weighted by Crippen LogP contribution is 2.37. The van der Waals surface area contributed by atoms with Crippen molar-refractivity contribution in [3.8, 4) is 5.75 Å². The number of nitrogens with zero attached hydrogens (tertiary/aromatic N) is 2. The summed E-state index contributed by atoms with van der Waals surface area (Å²) in [7, 11) is -1.84. The Hall–Kier alpha value is -2.33. The number of thiophene rings is 1. The predicted octanol–water partition coefficient (Wildman–Crippen LogP) is 3.01. The van der Waals surface area contributed by atoms with Gasteiger partial charge < -0.3 is 15.0 Å². The minimum Gasteiger partial charge on any atom is -0.497 e. The molecule has 1 fully saturated rings. The molecule has 146 valence electrons. The molecule has 0 saturated carbocycles. The first kappa shape index (κ1) is 19.4. The number of benzene rings is 1. The number of rotatable bonds is 7. The van der Waals surface area contributed by atoms with Gasteiger partial charge in [0, 0.05) is 43.7 Å². The van der Waals surface area contributed by atoms with Crippen LogP contribution in [-0.4, -0.2) is 46.3 Å². The second-order valence-corrected chi connectivity index (χ2v) is 9.79. The summed E-state index contributed by atoms with van der Waals surface area (Å²) >= 11 is 0.909. The molecule has 1 aromatic carbocycles. The Bertz CT molecular complexity index is 942. The largest absolute Gasteiger partial charge is 0.497 e. The summed E-state index contributed by atoms with van der Waals surface area (Å²) in [5.74, 6) is 1.11. The van der Waals surface area contributed by atoms with Gasteiger partial charge >= 0.3 is 5.69 Å². The molecule has 1 aliphatic heterocycles. The molecule has 8 nitrogen and oxygen atoms in total. The molecule has 0 spiro atoms. The minimum atomic E-state index is -3.47. The molecule has 1 atom stereocenters. The predicted molar refractivity (Wildman–Crippen MR) is 106 cm³/mol. The molecule has 0 bridgehead atoms. The third-order valence-electron chi connectivity index (χ3n) is 4.51. The van der Waals surface area contributed by atoms with E-state index in [0.29, 0.717) is 17.5 Å². The van der Waals surface area contributed by atoms with Gasteiger partial charge in [0.2, 0.25) is 0 Å². The minimum absolute atomic E-state index is 0.00105. The highest BCUT2D eigenvalue weighted by atomic mass is 32.2. The molecular formula is C17H21N3O5S2. The number of ether oxygens (including phenoxy) is 1. The number of hydrogen-bond donors (Lipinski definition) is 1. The Labute approximate surface area is 161 Å². The Morgan fingerprint density at radius 2 is 2.19 bits per heavy atom. The first-order chi connectivity index (χ1) is 12.8. The number of nitro groups is 1. The summed E-state index contributed by atoms with van der Waals surface area (Å²) in [6.07, 6.45) is 2.00. The van der Waals surface area contributed by atoms with Crippen LogP contribution in [0.1, 0.15) is 6.42 Å². The summed E-state index contributed by atoms with van der Waals surface area (Å²) in [5, 5.41) is 14.6. The lowest BCUT2D eigenvalue weighted by molar-refractivity contribution is -0.383. The van der Waals surface area contributed by atoms with Crippen LogP contribution in [0.25, 0.3) is 0 Å². The lowest BCUT2D eigenvalue weighted by atomic mass is 10.1. The van der Waals surface area contributed by atoms with Crippen LogP contribution in [0, 0.1) is 16.0 Å². The van der Waals surface area contributed by atoms with E-state index in [-0.39, 0.29) is 9.90 Å². The van der Waals surface area contributed by atoms with E-state index in [1.165, 1.54) is 0 Å².